The van der Waals surface area contributed by atoms with Crippen molar-refractivity contribution in [2.75, 3.05) is 45.8 Å². The Kier molecular flexibility index (Phi) is 5.96. The second-order valence-electron chi connectivity index (χ2n) is 7.71. The fraction of sp³-hybridized carbons (Fsp3) is 0.409. The Morgan fingerprint density at radius 2 is 2.00 bits per heavy atom. The summed E-state index contributed by atoms with van der Waals surface area (Å²) in [5.74, 6) is 1.50. The van der Waals surface area contributed by atoms with E-state index in [0.29, 0.717) is 12.6 Å². The molecule has 0 spiro atoms. The van der Waals surface area contributed by atoms with Gasteiger partial charge in [0, 0.05) is 64.3 Å². The van der Waals surface area contributed by atoms with E-state index in [1.54, 1.807) is 7.11 Å². The third-order valence-electron chi connectivity index (χ3n) is 5.23. The van der Waals surface area contributed by atoms with Gasteiger partial charge in [-0.05, 0) is 17.7 Å². The molecule has 158 valence electrons. The van der Waals surface area contributed by atoms with Crippen LogP contribution in [0.2, 0.25) is 0 Å². The lowest BCUT2D eigenvalue weighted by Gasteiger charge is -2.33. The van der Waals surface area contributed by atoms with E-state index in [-0.39, 0.29) is 6.10 Å². The van der Waals surface area contributed by atoms with Crippen LogP contribution in [-0.4, -0.2) is 65.5 Å². The quantitative estimate of drug-likeness (QED) is 0.621. The Morgan fingerprint density at radius 1 is 1.20 bits per heavy atom. The van der Waals surface area contributed by atoms with Gasteiger partial charge in [0.25, 0.3) is 0 Å². The number of aromatic nitrogens is 4. The lowest BCUT2D eigenvalue weighted by molar-refractivity contribution is -0.0347. The van der Waals surface area contributed by atoms with E-state index in [9.17, 15) is 0 Å². The molecular formula is C22H28N6O2. The van der Waals surface area contributed by atoms with Crippen LogP contribution < -0.4 is 9.64 Å². The first-order valence-corrected chi connectivity index (χ1v) is 10.0. The molecule has 0 radical (unpaired) electrons. The van der Waals surface area contributed by atoms with Gasteiger partial charge in [0.2, 0.25) is 5.95 Å². The summed E-state index contributed by atoms with van der Waals surface area (Å²) in [6, 6.07) is 7.98. The summed E-state index contributed by atoms with van der Waals surface area (Å²) in [5.41, 5.74) is 4.14. The summed E-state index contributed by atoms with van der Waals surface area (Å²) in [6.45, 7) is 3.16. The van der Waals surface area contributed by atoms with Gasteiger partial charge in [0.15, 0.2) is 0 Å². The Balaban J connectivity index is 1.63. The monoisotopic (exact) mass is 408 g/mol. The molecule has 1 fully saturated rings. The fourth-order valence-electron chi connectivity index (χ4n) is 3.66. The van der Waals surface area contributed by atoms with Gasteiger partial charge in [-0.15, -0.1) is 0 Å². The predicted molar refractivity (Wildman–Crippen MR) is 116 cm³/mol. The van der Waals surface area contributed by atoms with Crippen molar-refractivity contribution in [1.82, 2.24) is 24.6 Å². The highest BCUT2D eigenvalue weighted by molar-refractivity contribution is 5.67. The van der Waals surface area contributed by atoms with Crippen molar-refractivity contribution in [1.29, 1.82) is 0 Å². The van der Waals surface area contributed by atoms with Crippen LogP contribution in [-0.2, 0) is 18.3 Å². The first kappa shape index (κ1) is 20.3. The summed E-state index contributed by atoms with van der Waals surface area (Å²) < 4.78 is 13.3. The van der Waals surface area contributed by atoms with Crippen molar-refractivity contribution < 1.29 is 9.47 Å². The summed E-state index contributed by atoms with van der Waals surface area (Å²) in [7, 11) is 7.50. The standard InChI is InChI=1S/C22H28N6O2/c1-26(2)22-23-12-19(17-5-7-18(29-4)8-6-17)21(25-22)20-15-28(9-10-30-20)14-16-11-24-27(3)13-16/h5-8,11-13,20H,9-10,14-15H2,1-4H3/t20-/m0/s1. The van der Waals surface area contributed by atoms with E-state index in [1.165, 1.54) is 5.56 Å². The molecule has 8 nitrogen and oxygen atoms in total. The second-order valence-corrected chi connectivity index (χ2v) is 7.71. The number of ether oxygens (including phenoxy) is 2. The SMILES string of the molecule is COc1ccc(-c2cnc(N(C)C)nc2[C@@H]2CN(Cc3cnn(C)c3)CCO2)cc1. The minimum absolute atomic E-state index is 0.130. The van der Waals surface area contributed by atoms with E-state index in [1.807, 2.05) is 67.4 Å². The molecule has 0 amide bonds. The van der Waals surface area contributed by atoms with Crippen LogP contribution in [0.5, 0.6) is 5.75 Å². The third kappa shape index (κ3) is 4.44. The van der Waals surface area contributed by atoms with Crippen molar-refractivity contribution in [3.05, 3.63) is 54.1 Å². The lowest BCUT2D eigenvalue weighted by atomic mass is 10.0. The molecule has 30 heavy (non-hydrogen) atoms. The van der Waals surface area contributed by atoms with Gasteiger partial charge < -0.3 is 14.4 Å². The van der Waals surface area contributed by atoms with E-state index < -0.39 is 0 Å². The Morgan fingerprint density at radius 3 is 2.67 bits per heavy atom. The molecule has 4 rings (SSSR count). The first-order chi connectivity index (χ1) is 14.5. The van der Waals surface area contributed by atoms with Gasteiger partial charge in [0.1, 0.15) is 11.9 Å². The topological polar surface area (TPSA) is 68.5 Å². The van der Waals surface area contributed by atoms with Crippen molar-refractivity contribution in [2.45, 2.75) is 12.6 Å². The van der Waals surface area contributed by atoms with Gasteiger partial charge >= 0.3 is 0 Å². The zero-order valence-electron chi connectivity index (χ0n) is 17.9. The van der Waals surface area contributed by atoms with Crippen LogP contribution in [0.1, 0.15) is 17.4 Å². The first-order valence-electron chi connectivity index (χ1n) is 10.0. The number of anilines is 1. The predicted octanol–water partition coefficient (Wildman–Crippen LogP) is 2.53. The summed E-state index contributed by atoms with van der Waals surface area (Å²) >= 11 is 0. The minimum atomic E-state index is -0.130. The van der Waals surface area contributed by atoms with Crippen LogP contribution in [0, 0.1) is 0 Å². The fourth-order valence-corrected chi connectivity index (χ4v) is 3.66. The molecule has 0 aliphatic carbocycles. The van der Waals surface area contributed by atoms with Crippen LogP contribution in [0.3, 0.4) is 0 Å². The molecule has 0 bridgehead atoms. The summed E-state index contributed by atoms with van der Waals surface area (Å²) in [6.07, 6.45) is 5.74. The molecule has 0 unspecified atom stereocenters. The van der Waals surface area contributed by atoms with Gasteiger partial charge in [-0.25, -0.2) is 9.97 Å². The zero-order chi connectivity index (χ0) is 21.1. The molecule has 0 saturated carbocycles. The molecule has 1 aliphatic rings. The van der Waals surface area contributed by atoms with Gasteiger partial charge in [-0.3, -0.25) is 9.58 Å². The van der Waals surface area contributed by atoms with Crippen molar-refractivity contribution in [3.8, 4) is 16.9 Å². The highest BCUT2D eigenvalue weighted by Crippen LogP contribution is 2.32. The number of hydrogen-bond acceptors (Lipinski definition) is 7. The molecule has 3 aromatic rings. The smallest absolute Gasteiger partial charge is 0.225 e. The molecule has 1 aromatic carbocycles. The molecule has 3 heterocycles. The van der Waals surface area contributed by atoms with Crippen LogP contribution in [0.4, 0.5) is 5.95 Å². The number of morpholine rings is 1. The van der Waals surface area contributed by atoms with Crippen molar-refractivity contribution in [3.63, 3.8) is 0 Å². The van der Waals surface area contributed by atoms with E-state index >= 15 is 0 Å². The Labute approximate surface area is 177 Å². The maximum absolute atomic E-state index is 6.18. The lowest BCUT2D eigenvalue weighted by Crippen LogP contribution is -2.38. The van der Waals surface area contributed by atoms with Gasteiger partial charge in [-0.2, -0.15) is 5.10 Å². The van der Waals surface area contributed by atoms with Crippen LogP contribution in [0.25, 0.3) is 11.1 Å². The second kappa shape index (κ2) is 8.81. The summed E-state index contributed by atoms with van der Waals surface area (Å²) in [4.78, 5) is 13.7. The number of nitrogens with zero attached hydrogens (tertiary/aromatic N) is 6. The molecule has 1 saturated heterocycles. The van der Waals surface area contributed by atoms with Crippen molar-refractivity contribution in [2.24, 2.45) is 7.05 Å². The van der Waals surface area contributed by atoms with Gasteiger partial charge in [0.05, 0.1) is 25.6 Å². The minimum Gasteiger partial charge on any atom is -0.497 e. The maximum Gasteiger partial charge on any atom is 0.225 e. The van der Waals surface area contributed by atoms with Crippen LogP contribution >= 0.6 is 0 Å². The normalized spacial score (nSPS) is 17.1. The zero-order valence-corrected chi connectivity index (χ0v) is 17.9. The molecule has 1 atom stereocenters. The van der Waals surface area contributed by atoms with Gasteiger partial charge in [-0.1, -0.05) is 12.1 Å². The highest BCUT2D eigenvalue weighted by Gasteiger charge is 2.27. The molecule has 0 N–H and O–H groups in total. The number of methoxy groups -OCH3 is 1. The number of benzene rings is 1. The Hall–Kier alpha value is -2.97. The van der Waals surface area contributed by atoms with E-state index in [4.69, 9.17) is 14.5 Å². The average molecular weight is 409 g/mol. The van der Waals surface area contributed by atoms with E-state index in [2.05, 4.69) is 21.2 Å². The Bertz CT molecular complexity index is 986. The number of hydrogen-bond donors (Lipinski definition) is 0. The molecular weight excluding hydrogens is 380 g/mol. The molecule has 8 heteroatoms. The average Bonchev–Trinajstić information content (AvgIpc) is 3.18. The van der Waals surface area contributed by atoms with Crippen molar-refractivity contribution >= 4 is 5.95 Å². The number of rotatable bonds is 6. The molecule has 1 aliphatic heterocycles. The third-order valence-corrected chi connectivity index (χ3v) is 5.23. The molecule has 2 aromatic heterocycles. The largest absolute Gasteiger partial charge is 0.497 e. The summed E-state index contributed by atoms with van der Waals surface area (Å²) in [5, 5.41) is 4.28. The van der Waals surface area contributed by atoms with Crippen LogP contribution in [0.15, 0.2) is 42.9 Å². The highest BCUT2D eigenvalue weighted by atomic mass is 16.5. The van der Waals surface area contributed by atoms with E-state index in [0.717, 1.165) is 42.2 Å². The number of aryl methyl sites for hydroxylation is 1. The maximum atomic E-state index is 6.18.